The highest BCUT2D eigenvalue weighted by Crippen LogP contribution is 2.19. The summed E-state index contributed by atoms with van der Waals surface area (Å²) in [6, 6.07) is 16.5. The van der Waals surface area contributed by atoms with Crippen LogP contribution in [0.1, 0.15) is 45.6 Å². The van der Waals surface area contributed by atoms with E-state index in [-0.39, 0.29) is 0 Å². The van der Waals surface area contributed by atoms with Crippen molar-refractivity contribution in [3.63, 3.8) is 0 Å². The van der Waals surface area contributed by atoms with E-state index in [9.17, 15) is 0 Å². The Bertz CT molecular complexity index is 608. The third-order valence-corrected chi connectivity index (χ3v) is 3.98. The molecule has 0 saturated heterocycles. The lowest BCUT2D eigenvalue weighted by Crippen LogP contribution is -2.02. The smallest absolute Gasteiger partial charge is 0.121 e. The van der Waals surface area contributed by atoms with Gasteiger partial charge in [-0.3, -0.25) is 0 Å². The summed E-state index contributed by atoms with van der Waals surface area (Å²) in [4.78, 5) is 0. The van der Waals surface area contributed by atoms with E-state index in [2.05, 4.69) is 50.4 Å². The minimum atomic E-state index is 0.671. The second-order valence-corrected chi connectivity index (χ2v) is 6.76. The third-order valence-electron chi connectivity index (χ3n) is 3.98. The third kappa shape index (κ3) is 7.51. The molecular formula is C22H31NO2. The van der Waals surface area contributed by atoms with Crippen molar-refractivity contribution in [2.75, 3.05) is 18.5 Å². The average Bonchev–Trinajstić information content (AvgIpc) is 2.61. The molecule has 0 spiro atoms. The van der Waals surface area contributed by atoms with E-state index in [1.807, 2.05) is 24.3 Å². The maximum absolute atomic E-state index is 5.76. The second-order valence-electron chi connectivity index (χ2n) is 6.76. The van der Waals surface area contributed by atoms with E-state index in [4.69, 9.17) is 9.47 Å². The molecule has 25 heavy (non-hydrogen) atoms. The van der Waals surface area contributed by atoms with E-state index in [1.54, 1.807) is 0 Å². The molecule has 1 N–H and O–H groups in total. The lowest BCUT2D eigenvalue weighted by molar-refractivity contribution is 0.289. The van der Waals surface area contributed by atoms with Gasteiger partial charge < -0.3 is 14.8 Å². The Hall–Kier alpha value is -2.16. The molecule has 3 heteroatoms. The molecule has 0 atom stereocenters. The van der Waals surface area contributed by atoms with E-state index in [0.29, 0.717) is 5.92 Å². The Kier molecular flexibility index (Phi) is 8.17. The Balaban J connectivity index is 1.79. The first-order valence-corrected chi connectivity index (χ1v) is 9.36. The highest BCUT2D eigenvalue weighted by Gasteiger charge is 2.00. The van der Waals surface area contributed by atoms with E-state index in [1.165, 1.54) is 5.56 Å². The Morgan fingerprint density at radius 1 is 0.920 bits per heavy atom. The zero-order valence-electron chi connectivity index (χ0n) is 15.8. The van der Waals surface area contributed by atoms with Crippen LogP contribution in [0.5, 0.6) is 11.5 Å². The SMILES string of the molecule is CCCCOc1cccc(NCc2ccc(OCCC(C)C)cc2)c1. The topological polar surface area (TPSA) is 30.5 Å². The molecule has 0 radical (unpaired) electrons. The summed E-state index contributed by atoms with van der Waals surface area (Å²) >= 11 is 0. The van der Waals surface area contributed by atoms with Gasteiger partial charge in [0.05, 0.1) is 13.2 Å². The lowest BCUT2D eigenvalue weighted by atomic mass is 10.1. The van der Waals surface area contributed by atoms with Gasteiger partial charge in [0.2, 0.25) is 0 Å². The fourth-order valence-corrected chi connectivity index (χ4v) is 2.35. The molecule has 2 rings (SSSR count). The number of benzene rings is 2. The van der Waals surface area contributed by atoms with Crippen LogP contribution in [0.2, 0.25) is 0 Å². The Labute approximate surface area is 152 Å². The van der Waals surface area contributed by atoms with Crippen LogP contribution in [0.3, 0.4) is 0 Å². The van der Waals surface area contributed by atoms with Crippen LogP contribution in [0, 0.1) is 5.92 Å². The first-order chi connectivity index (χ1) is 12.2. The number of ether oxygens (including phenoxy) is 2. The molecule has 0 heterocycles. The minimum Gasteiger partial charge on any atom is -0.494 e. The van der Waals surface area contributed by atoms with Crippen LogP contribution in [0.4, 0.5) is 5.69 Å². The van der Waals surface area contributed by atoms with Crippen molar-refractivity contribution in [2.24, 2.45) is 5.92 Å². The molecule has 136 valence electrons. The van der Waals surface area contributed by atoms with Crippen LogP contribution in [0.15, 0.2) is 48.5 Å². The van der Waals surface area contributed by atoms with Crippen LogP contribution in [-0.4, -0.2) is 13.2 Å². The first kappa shape index (κ1) is 19.2. The summed E-state index contributed by atoms with van der Waals surface area (Å²) in [6.07, 6.45) is 3.32. The first-order valence-electron chi connectivity index (χ1n) is 9.36. The number of anilines is 1. The van der Waals surface area contributed by atoms with Crippen molar-refractivity contribution in [3.05, 3.63) is 54.1 Å². The summed E-state index contributed by atoms with van der Waals surface area (Å²) in [5.41, 5.74) is 2.31. The fourth-order valence-electron chi connectivity index (χ4n) is 2.35. The van der Waals surface area contributed by atoms with E-state index < -0.39 is 0 Å². The van der Waals surface area contributed by atoms with Crippen LogP contribution < -0.4 is 14.8 Å². The molecule has 0 aliphatic heterocycles. The van der Waals surface area contributed by atoms with Gasteiger partial charge in [0.1, 0.15) is 11.5 Å². The maximum Gasteiger partial charge on any atom is 0.121 e. The van der Waals surface area contributed by atoms with Crippen LogP contribution >= 0.6 is 0 Å². The molecule has 2 aromatic carbocycles. The lowest BCUT2D eigenvalue weighted by Gasteiger charge is -2.11. The van der Waals surface area contributed by atoms with Crippen molar-refractivity contribution < 1.29 is 9.47 Å². The van der Waals surface area contributed by atoms with Crippen molar-refractivity contribution in [3.8, 4) is 11.5 Å². The molecule has 0 bridgehead atoms. The van der Waals surface area contributed by atoms with Crippen molar-refractivity contribution in [1.29, 1.82) is 0 Å². The summed E-state index contributed by atoms with van der Waals surface area (Å²) in [6.45, 7) is 8.93. The quantitative estimate of drug-likeness (QED) is 0.516. The molecule has 0 saturated carbocycles. The largest absolute Gasteiger partial charge is 0.494 e. The summed E-state index contributed by atoms with van der Waals surface area (Å²) in [5, 5.41) is 3.45. The molecule has 2 aromatic rings. The highest BCUT2D eigenvalue weighted by atomic mass is 16.5. The predicted octanol–water partition coefficient (Wildman–Crippen LogP) is 5.90. The zero-order valence-corrected chi connectivity index (χ0v) is 15.8. The molecular weight excluding hydrogens is 310 g/mol. The van der Waals surface area contributed by atoms with Gasteiger partial charge in [0, 0.05) is 18.3 Å². The Morgan fingerprint density at radius 2 is 1.68 bits per heavy atom. The van der Waals surface area contributed by atoms with Gasteiger partial charge in [-0.25, -0.2) is 0 Å². The van der Waals surface area contributed by atoms with Gasteiger partial charge in [0.25, 0.3) is 0 Å². The van der Waals surface area contributed by atoms with Crippen molar-refractivity contribution in [1.82, 2.24) is 0 Å². The second kappa shape index (κ2) is 10.7. The number of unbranched alkanes of at least 4 members (excludes halogenated alkanes) is 1. The molecule has 0 amide bonds. The van der Waals surface area contributed by atoms with Gasteiger partial charge in [-0.2, -0.15) is 0 Å². The number of hydrogen-bond donors (Lipinski definition) is 1. The standard InChI is InChI=1S/C22H31NO2/c1-4-5-14-24-22-8-6-7-20(16-22)23-17-19-9-11-21(12-10-19)25-15-13-18(2)3/h6-12,16,18,23H,4-5,13-15,17H2,1-3H3. The van der Waals surface area contributed by atoms with Gasteiger partial charge >= 0.3 is 0 Å². The van der Waals surface area contributed by atoms with Gasteiger partial charge in [-0.05, 0) is 48.6 Å². The van der Waals surface area contributed by atoms with Gasteiger partial charge in [-0.15, -0.1) is 0 Å². The Morgan fingerprint density at radius 3 is 2.40 bits per heavy atom. The average molecular weight is 341 g/mol. The zero-order chi connectivity index (χ0) is 17.9. The van der Waals surface area contributed by atoms with Gasteiger partial charge in [-0.1, -0.05) is 45.4 Å². The number of hydrogen-bond acceptors (Lipinski definition) is 3. The molecule has 0 unspecified atom stereocenters. The number of rotatable bonds is 11. The molecule has 0 aromatic heterocycles. The molecule has 0 fully saturated rings. The summed E-state index contributed by atoms with van der Waals surface area (Å²) in [5.74, 6) is 2.54. The predicted molar refractivity (Wildman–Crippen MR) is 106 cm³/mol. The monoisotopic (exact) mass is 341 g/mol. The molecule has 0 aliphatic carbocycles. The molecule has 0 aliphatic rings. The molecule has 3 nitrogen and oxygen atoms in total. The summed E-state index contributed by atoms with van der Waals surface area (Å²) < 4.78 is 11.5. The summed E-state index contributed by atoms with van der Waals surface area (Å²) in [7, 11) is 0. The van der Waals surface area contributed by atoms with Crippen LogP contribution in [-0.2, 0) is 6.54 Å². The van der Waals surface area contributed by atoms with Crippen molar-refractivity contribution in [2.45, 2.75) is 46.6 Å². The van der Waals surface area contributed by atoms with Crippen molar-refractivity contribution >= 4 is 5.69 Å². The highest BCUT2D eigenvalue weighted by molar-refractivity contribution is 5.48. The minimum absolute atomic E-state index is 0.671. The van der Waals surface area contributed by atoms with Gasteiger partial charge in [0.15, 0.2) is 0 Å². The number of nitrogens with one attached hydrogen (secondary N) is 1. The normalized spacial score (nSPS) is 10.7. The van der Waals surface area contributed by atoms with E-state index in [0.717, 1.165) is 56.2 Å². The fraction of sp³-hybridized carbons (Fsp3) is 0.455. The van der Waals surface area contributed by atoms with E-state index >= 15 is 0 Å². The van der Waals surface area contributed by atoms with Crippen LogP contribution in [0.25, 0.3) is 0 Å². The maximum atomic E-state index is 5.76.